The molecule has 2 unspecified atom stereocenters. The summed E-state index contributed by atoms with van der Waals surface area (Å²) in [6.07, 6.45) is 2.63. The fourth-order valence-corrected chi connectivity index (χ4v) is 4.08. The number of nitrogens with zero attached hydrogens (tertiary/aromatic N) is 3. The van der Waals surface area contributed by atoms with E-state index in [2.05, 4.69) is 4.98 Å². The van der Waals surface area contributed by atoms with Crippen LogP contribution in [0.3, 0.4) is 0 Å². The van der Waals surface area contributed by atoms with Crippen LogP contribution >= 0.6 is 11.6 Å². The summed E-state index contributed by atoms with van der Waals surface area (Å²) in [4.78, 5) is 41.9. The molecule has 0 fully saturated rings. The van der Waals surface area contributed by atoms with Crippen LogP contribution in [-0.4, -0.2) is 65.1 Å². The molecule has 174 valence electrons. The predicted octanol–water partition coefficient (Wildman–Crippen LogP) is 3.61. The lowest BCUT2D eigenvalue weighted by molar-refractivity contribution is -0.385. The van der Waals surface area contributed by atoms with Crippen LogP contribution in [-0.2, 0) is 22.4 Å². The Labute approximate surface area is 195 Å². The highest BCUT2D eigenvalue weighted by atomic mass is 35.5. The first-order valence-corrected chi connectivity index (χ1v) is 10.6. The Morgan fingerprint density at radius 2 is 1.97 bits per heavy atom. The van der Waals surface area contributed by atoms with E-state index in [0.29, 0.717) is 22.4 Å². The molecule has 3 rings (SSSR count). The summed E-state index contributed by atoms with van der Waals surface area (Å²) in [6, 6.07) is 8.05. The molecule has 1 N–H and O–H groups in total. The van der Waals surface area contributed by atoms with Crippen LogP contribution < -0.4 is 0 Å². The number of halogens is 2. The van der Waals surface area contributed by atoms with Crippen molar-refractivity contribution in [1.29, 1.82) is 0 Å². The van der Waals surface area contributed by atoms with E-state index < -0.39 is 28.5 Å². The van der Waals surface area contributed by atoms with Crippen LogP contribution in [0.5, 0.6) is 0 Å². The molecule has 0 aliphatic heterocycles. The van der Waals surface area contributed by atoms with Crippen molar-refractivity contribution in [2.45, 2.75) is 24.9 Å². The van der Waals surface area contributed by atoms with Crippen molar-refractivity contribution in [3.63, 3.8) is 0 Å². The number of hydrogen-bond acceptors (Lipinski definition) is 5. The normalized spacial score (nSPS) is 13.2. The summed E-state index contributed by atoms with van der Waals surface area (Å²) < 4.78 is 14.2. The molecular formula is C23H24ClFN4O4. The summed E-state index contributed by atoms with van der Waals surface area (Å²) in [5, 5.41) is 12.2. The van der Waals surface area contributed by atoms with E-state index in [9.17, 15) is 24.1 Å². The van der Waals surface area contributed by atoms with Crippen molar-refractivity contribution in [2.24, 2.45) is 0 Å². The number of fused-ring (bicyclic) bond motifs is 1. The van der Waals surface area contributed by atoms with Crippen LogP contribution in [0.1, 0.15) is 11.1 Å². The number of aromatic amines is 1. The molecule has 0 saturated carbocycles. The molecule has 0 bridgehead atoms. The van der Waals surface area contributed by atoms with Crippen LogP contribution in [0.4, 0.5) is 10.1 Å². The number of H-pyrrole nitrogens is 1. The molecule has 2 aromatic carbocycles. The molecule has 3 aromatic rings. The van der Waals surface area contributed by atoms with E-state index in [1.165, 1.54) is 11.0 Å². The molecule has 0 saturated heterocycles. The largest absolute Gasteiger partial charge is 0.361 e. The van der Waals surface area contributed by atoms with E-state index in [4.69, 9.17) is 11.6 Å². The first-order valence-electron chi connectivity index (χ1n) is 10.2. The van der Waals surface area contributed by atoms with Crippen molar-refractivity contribution in [3.05, 3.63) is 74.7 Å². The molecule has 0 radical (unpaired) electrons. The van der Waals surface area contributed by atoms with E-state index in [1.54, 1.807) is 50.4 Å². The quantitative estimate of drug-likeness (QED) is 0.290. The van der Waals surface area contributed by atoms with Crippen LogP contribution in [0.15, 0.2) is 42.6 Å². The molecule has 8 nitrogen and oxygen atoms in total. The Balaban J connectivity index is 1.90. The highest BCUT2D eigenvalue weighted by Gasteiger charge is 2.31. The van der Waals surface area contributed by atoms with Gasteiger partial charge in [0.05, 0.1) is 27.9 Å². The summed E-state index contributed by atoms with van der Waals surface area (Å²) in [5.41, 5.74) is 1.02. The Morgan fingerprint density at radius 3 is 2.58 bits per heavy atom. The Hall–Kier alpha value is -3.30. The van der Waals surface area contributed by atoms with Gasteiger partial charge in [-0.05, 0) is 62.3 Å². The number of carbonyl (C=O) groups excluding carboxylic acids is 2. The first-order chi connectivity index (χ1) is 15.6. The van der Waals surface area contributed by atoms with Gasteiger partial charge in [-0.2, -0.15) is 4.39 Å². The van der Waals surface area contributed by atoms with E-state index in [0.717, 1.165) is 11.6 Å². The summed E-state index contributed by atoms with van der Waals surface area (Å²) >= 11 is 6.03. The zero-order chi connectivity index (χ0) is 24.3. The van der Waals surface area contributed by atoms with Gasteiger partial charge in [0.15, 0.2) is 0 Å². The Morgan fingerprint density at radius 1 is 1.24 bits per heavy atom. The fraction of sp³-hybridized carbons (Fsp3) is 0.304. The van der Waals surface area contributed by atoms with Gasteiger partial charge >= 0.3 is 5.69 Å². The molecule has 10 heteroatoms. The lowest BCUT2D eigenvalue weighted by atomic mass is 10.0. The van der Waals surface area contributed by atoms with E-state index >= 15 is 0 Å². The molecule has 0 spiro atoms. The zero-order valence-corrected chi connectivity index (χ0v) is 19.2. The van der Waals surface area contributed by atoms with Crippen molar-refractivity contribution in [1.82, 2.24) is 14.8 Å². The number of likely N-dealkylation sites (N-methyl/N-ethyl adjacent to an activating group) is 2. The summed E-state index contributed by atoms with van der Waals surface area (Å²) in [7, 11) is 4.94. The van der Waals surface area contributed by atoms with Crippen LogP contribution in [0.25, 0.3) is 10.9 Å². The third-order valence-electron chi connectivity index (χ3n) is 5.69. The minimum absolute atomic E-state index is 0.0865. The molecule has 33 heavy (non-hydrogen) atoms. The second kappa shape index (κ2) is 10.1. The summed E-state index contributed by atoms with van der Waals surface area (Å²) in [5.74, 6) is -1.28. The maximum atomic E-state index is 14.2. The minimum atomic E-state index is -0.944. The van der Waals surface area contributed by atoms with Crippen LogP contribution in [0, 0.1) is 15.9 Å². The second-order valence-electron chi connectivity index (χ2n) is 8.06. The topological polar surface area (TPSA) is 99.6 Å². The highest BCUT2D eigenvalue weighted by molar-refractivity contribution is 6.30. The van der Waals surface area contributed by atoms with Gasteiger partial charge in [-0.15, -0.1) is 0 Å². The first kappa shape index (κ1) is 24.3. The van der Waals surface area contributed by atoms with Crippen molar-refractivity contribution in [3.8, 4) is 0 Å². The van der Waals surface area contributed by atoms with Gasteiger partial charge in [-0.25, -0.2) is 0 Å². The van der Waals surface area contributed by atoms with Gasteiger partial charge in [-0.1, -0.05) is 23.7 Å². The van der Waals surface area contributed by atoms with Crippen molar-refractivity contribution < 1.29 is 18.9 Å². The molecule has 1 aromatic heterocycles. The SMILES string of the molecule is CN(C)C(Cc1c[nH]c2ccc(F)c([N+](=O)[O-])c12)C(=O)N(C)C(C=O)Cc1cccc(Cl)c1. The third kappa shape index (κ3) is 5.20. The van der Waals surface area contributed by atoms with Crippen LogP contribution in [0.2, 0.25) is 5.02 Å². The van der Waals surface area contributed by atoms with Gasteiger partial charge in [0, 0.05) is 18.3 Å². The standard InChI is InChI=1S/C23H24ClFN4O4/c1-27(2)20(11-15-12-26-19-8-7-18(25)22(21(15)19)29(32)33)23(31)28(3)17(13-30)10-14-5-4-6-16(24)9-14/h4-9,12-13,17,20,26H,10-11H2,1-3H3. The number of nitro benzene ring substituents is 1. The number of rotatable bonds is 9. The number of benzene rings is 2. The molecule has 0 aliphatic rings. The second-order valence-corrected chi connectivity index (χ2v) is 8.50. The average molecular weight is 475 g/mol. The number of carbonyl (C=O) groups is 2. The maximum absolute atomic E-state index is 14.2. The molecule has 2 atom stereocenters. The van der Waals surface area contributed by atoms with Gasteiger partial charge in [0.2, 0.25) is 11.7 Å². The van der Waals surface area contributed by atoms with Gasteiger partial charge in [0.25, 0.3) is 0 Å². The Bertz CT molecular complexity index is 1200. The average Bonchev–Trinajstić information content (AvgIpc) is 3.17. The monoisotopic (exact) mass is 474 g/mol. The number of aromatic nitrogens is 1. The third-order valence-corrected chi connectivity index (χ3v) is 5.93. The fourth-order valence-electron chi connectivity index (χ4n) is 3.87. The highest BCUT2D eigenvalue weighted by Crippen LogP contribution is 2.32. The number of aldehydes is 1. The lowest BCUT2D eigenvalue weighted by Crippen LogP contribution is -2.50. The predicted molar refractivity (Wildman–Crippen MR) is 124 cm³/mol. The number of amides is 1. The van der Waals surface area contributed by atoms with Gasteiger partial charge in [0.1, 0.15) is 6.29 Å². The molecular weight excluding hydrogens is 451 g/mol. The molecule has 0 aliphatic carbocycles. The van der Waals surface area contributed by atoms with Crippen molar-refractivity contribution in [2.75, 3.05) is 21.1 Å². The Kier molecular flexibility index (Phi) is 7.45. The number of nitro groups is 1. The maximum Gasteiger partial charge on any atom is 0.314 e. The number of hydrogen-bond donors (Lipinski definition) is 1. The van der Waals surface area contributed by atoms with E-state index in [1.807, 2.05) is 6.07 Å². The van der Waals surface area contributed by atoms with E-state index in [-0.39, 0.29) is 24.1 Å². The number of nitrogens with one attached hydrogen (secondary N) is 1. The minimum Gasteiger partial charge on any atom is -0.361 e. The molecule has 1 heterocycles. The van der Waals surface area contributed by atoms with Gasteiger partial charge in [-0.3, -0.25) is 19.8 Å². The smallest absolute Gasteiger partial charge is 0.314 e. The lowest BCUT2D eigenvalue weighted by Gasteiger charge is -2.31. The summed E-state index contributed by atoms with van der Waals surface area (Å²) in [6.45, 7) is 0. The molecule has 1 amide bonds. The zero-order valence-electron chi connectivity index (χ0n) is 18.4. The van der Waals surface area contributed by atoms with Gasteiger partial charge < -0.3 is 14.7 Å². The van der Waals surface area contributed by atoms with Crippen molar-refractivity contribution >= 4 is 40.4 Å².